The average molecular weight is 463 g/mol. The molecule has 0 bridgehead atoms. The van der Waals surface area contributed by atoms with Crippen LogP contribution in [0.5, 0.6) is 0 Å². The zero-order valence-electron chi connectivity index (χ0n) is 13.5. The number of sulfonamides is 2. The van der Waals surface area contributed by atoms with Gasteiger partial charge in [0.2, 0.25) is 10.0 Å². The summed E-state index contributed by atoms with van der Waals surface area (Å²) in [6, 6.07) is 9.84. The first-order chi connectivity index (χ1) is 12.0. The fourth-order valence-electron chi connectivity index (χ4n) is 2.17. The third kappa shape index (κ3) is 5.27. The van der Waals surface area contributed by atoms with Crippen molar-refractivity contribution in [2.45, 2.75) is 10.6 Å². The lowest BCUT2D eigenvalue weighted by molar-refractivity contribution is 0.0596. The molecule has 0 saturated heterocycles. The zero-order valence-corrected chi connectivity index (χ0v) is 16.7. The van der Waals surface area contributed by atoms with Gasteiger partial charge in [-0.15, -0.1) is 0 Å². The number of nitrogens with one attached hydrogen (secondary N) is 1. The van der Waals surface area contributed by atoms with Crippen LogP contribution in [0.15, 0.2) is 51.8 Å². The number of rotatable bonds is 6. The van der Waals surface area contributed by atoms with Crippen LogP contribution >= 0.6 is 15.9 Å². The molecular formula is C15H15BrN2O6S2. The van der Waals surface area contributed by atoms with E-state index < -0.39 is 31.8 Å². The van der Waals surface area contributed by atoms with E-state index in [2.05, 4.69) is 25.4 Å². The monoisotopic (exact) mass is 462 g/mol. The van der Waals surface area contributed by atoms with Gasteiger partial charge in [-0.1, -0.05) is 28.1 Å². The van der Waals surface area contributed by atoms with Gasteiger partial charge in [0.1, 0.15) is 4.90 Å². The highest BCUT2D eigenvalue weighted by Gasteiger charge is 2.23. The van der Waals surface area contributed by atoms with Gasteiger partial charge in [-0.25, -0.2) is 26.8 Å². The van der Waals surface area contributed by atoms with Crippen molar-refractivity contribution >= 4 is 47.6 Å². The molecule has 0 aliphatic heterocycles. The second-order valence-electron chi connectivity index (χ2n) is 5.25. The highest BCUT2D eigenvalue weighted by atomic mass is 79.9. The van der Waals surface area contributed by atoms with Crippen molar-refractivity contribution in [2.75, 3.05) is 11.8 Å². The maximum Gasteiger partial charge on any atom is 0.339 e. The van der Waals surface area contributed by atoms with Gasteiger partial charge in [0.15, 0.2) is 0 Å². The van der Waals surface area contributed by atoms with Crippen LogP contribution in [-0.2, 0) is 30.5 Å². The number of methoxy groups -OCH3 is 1. The number of benzene rings is 2. The summed E-state index contributed by atoms with van der Waals surface area (Å²) in [7, 11) is -6.75. The van der Waals surface area contributed by atoms with Crippen molar-refractivity contribution in [3.63, 3.8) is 0 Å². The summed E-state index contributed by atoms with van der Waals surface area (Å²) in [4.78, 5) is 11.6. The molecule has 0 radical (unpaired) electrons. The average Bonchev–Trinajstić information content (AvgIpc) is 2.52. The van der Waals surface area contributed by atoms with E-state index in [9.17, 15) is 21.6 Å². The van der Waals surface area contributed by atoms with Crippen molar-refractivity contribution < 1.29 is 26.4 Å². The van der Waals surface area contributed by atoms with Gasteiger partial charge in [-0.2, -0.15) is 0 Å². The van der Waals surface area contributed by atoms with E-state index in [1.807, 2.05) is 0 Å². The van der Waals surface area contributed by atoms with E-state index >= 15 is 0 Å². The number of hydrogen-bond donors (Lipinski definition) is 2. The Morgan fingerprint density at radius 3 is 2.46 bits per heavy atom. The molecule has 0 amide bonds. The Balaban J connectivity index is 2.41. The number of primary sulfonamides is 1. The minimum absolute atomic E-state index is 0.130. The molecule has 0 heterocycles. The molecule has 0 saturated carbocycles. The summed E-state index contributed by atoms with van der Waals surface area (Å²) in [6.07, 6.45) is 0. The topological polar surface area (TPSA) is 133 Å². The van der Waals surface area contributed by atoms with Gasteiger partial charge in [0.25, 0.3) is 10.0 Å². The van der Waals surface area contributed by atoms with E-state index in [0.29, 0.717) is 10.0 Å². The molecule has 2 aromatic carbocycles. The molecule has 26 heavy (non-hydrogen) atoms. The summed E-state index contributed by atoms with van der Waals surface area (Å²) in [5.74, 6) is -1.25. The minimum Gasteiger partial charge on any atom is -0.465 e. The zero-order chi connectivity index (χ0) is 19.5. The normalized spacial score (nSPS) is 11.8. The van der Waals surface area contributed by atoms with Gasteiger partial charge < -0.3 is 4.74 Å². The molecule has 0 spiro atoms. The standard InChI is InChI=1S/C15H15BrN2O6S2/c1-24-15(19)13-8-11(16)5-6-14(13)26(22,23)18-12-4-2-3-10(7-12)9-25(17,20)21/h2-8,18H,9H2,1H3,(H2,17,20,21). The number of hydrogen-bond acceptors (Lipinski definition) is 6. The maximum atomic E-state index is 12.7. The summed E-state index contributed by atoms with van der Waals surface area (Å²) in [5.41, 5.74) is 0.302. The number of ether oxygens (including phenoxy) is 1. The number of anilines is 1. The fraction of sp³-hybridized carbons (Fsp3) is 0.133. The van der Waals surface area contributed by atoms with Gasteiger partial charge in [0, 0.05) is 10.2 Å². The largest absolute Gasteiger partial charge is 0.465 e. The molecule has 0 unspecified atom stereocenters. The highest BCUT2D eigenvalue weighted by molar-refractivity contribution is 9.10. The molecule has 0 aromatic heterocycles. The van der Waals surface area contributed by atoms with Crippen molar-refractivity contribution in [1.82, 2.24) is 0 Å². The summed E-state index contributed by atoms with van der Waals surface area (Å²) in [6.45, 7) is 0. The van der Waals surface area contributed by atoms with E-state index in [0.717, 1.165) is 7.11 Å². The first-order valence-electron chi connectivity index (χ1n) is 7.02. The lowest BCUT2D eigenvalue weighted by Crippen LogP contribution is -2.18. The third-order valence-electron chi connectivity index (χ3n) is 3.18. The van der Waals surface area contributed by atoms with E-state index in [-0.39, 0.29) is 16.1 Å². The molecule has 140 valence electrons. The Kier molecular flexibility index (Phi) is 6.06. The van der Waals surface area contributed by atoms with Crippen LogP contribution in [-0.4, -0.2) is 29.9 Å². The Labute approximate surface area is 159 Å². The van der Waals surface area contributed by atoms with E-state index in [4.69, 9.17) is 5.14 Å². The summed E-state index contributed by atoms with van der Waals surface area (Å²) >= 11 is 3.17. The maximum absolute atomic E-state index is 12.7. The van der Waals surface area contributed by atoms with Crippen LogP contribution in [0.1, 0.15) is 15.9 Å². The minimum atomic E-state index is -4.13. The molecule has 11 heteroatoms. The van der Waals surface area contributed by atoms with Gasteiger partial charge in [0.05, 0.1) is 18.4 Å². The van der Waals surface area contributed by atoms with Crippen LogP contribution in [0, 0.1) is 0 Å². The molecule has 0 aliphatic rings. The third-order valence-corrected chi connectivity index (χ3v) is 5.85. The Hall–Kier alpha value is -1.95. The fourth-order valence-corrected chi connectivity index (χ4v) is 4.40. The molecule has 0 aliphatic carbocycles. The lowest BCUT2D eigenvalue weighted by Gasteiger charge is -2.12. The molecule has 2 aromatic rings. The van der Waals surface area contributed by atoms with Crippen molar-refractivity contribution in [2.24, 2.45) is 5.14 Å². The van der Waals surface area contributed by atoms with Crippen LogP contribution in [0.4, 0.5) is 5.69 Å². The first kappa shape index (κ1) is 20.4. The predicted molar refractivity (Wildman–Crippen MR) is 99.5 cm³/mol. The molecule has 8 nitrogen and oxygen atoms in total. The van der Waals surface area contributed by atoms with Crippen molar-refractivity contribution in [3.8, 4) is 0 Å². The smallest absolute Gasteiger partial charge is 0.339 e. The summed E-state index contributed by atoms with van der Waals surface area (Å²) in [5, 5.41) is 5.00. The van der Waals surface area contributed by atoms with Gasteiger partial charge in [-0.05, 0) is 35.9 Å². The molecule has 2 rings (SSSR count). The van der Waals surface area contributed by atoms with Crippen LogP contribution in [0.3, 0.4) is 0 Å². The number of nitrogens with two attached hydrogens (primary N) is 1. The molecule has 0 fully saturated rings. The van der Waals surface area contributed by atoms with Gasteiger partial charge >= 0.3 is 5.97 Å². The van der Waals surface area contributed by atoms with Crippen molar-refractivity contribution in [1.29, 1.82) is 0 Å². The van der Waals surface area contributed by atoms with Crippen LogP contribution in [0.25, 0.3) is 0 Å². The lowest BCUT2D eigenvalue weighted by atomic mass is 10.2. The SMILES string of the molecule is COC(=O)c1cc(Br)ccc1S(=O)(=O)Nc1cccc(CS(N)(=O)=O)c1. The number of carbonyl (C=O) groups excluding carboxylic acids is 1. The second kappa shape index (κ2) is 7.74. The second-order valence-corrected chi connectivity index (χ2v) is 9.43. The van der Waals surface area contributed by atoms with E-state index in [1.165, 1.54) is 42.5 Å². The summed E-state index contributed by atoms with van der Waals surface area (Å²) < 4.78 is 55.2. The Morgan fingerprint density at radius 2 is 1.85 bits per heavy atom. The number of halogens is 1. The Morgan fingerprint density at radius 1 is 1.15 bits per heavy atom. The van der Waals surface area contributed by atoms with Gasteiger partial charge in [-0.3, -0.25) is 4.72 Å². The molecular weight excluding hydrogens is 448 g/mol. The van der Waals surface area contributed by atoms with Crippen molar-refractivity contribution in [3.05, 3.63) is 58.1 Å². The number of carbonyl (C=O) groups is 1. The molecule has 0 atom stereocenters. The predicted octanol–water partition coefficient (Wildman–Crippen LogP) is 1.82. The number of esters is 1. The quantitative estimate of drug-likeness (QED) is 0.628. The highest BCUT2D eigenvalue weighted by Crippen LogP contribution is 2.24. The Bertz CT molecular complexity index is 1050. The van der Waals surface area contributed by atoms with Crippen LogP contribution < -0.4 is 9.86 Å². The van der Waals surface area contributed by atoms with E-state index in [1.54, 1.807) is 0 Å². The molecule has 3 N–H and O–H groups in total. The first-order valence-corrected chi connectivity index (χ1v) is 11.0. The van der Waals surface area contributed by atoms with Crippen LogP contribution in [0.2, 0.25) is 0 Å².